The largest absolute Gasteiger partial charge is 0.481 e. The summed E-state index contributed by atoms with van der Waals surface area (Å²) in [6.07, 6.45) is 0.171. The van der Waals surface area contributed by atoms with Crippen LogP contribution >= 0.6 is 15.9 Å². The lowest BCUT2D eigenvalue weighted by molar-refractivity contribution is 0.258. The first-order chi connectivity index (χ1) is 15.0. The normalized spacial score (nSPS) is 11.9. The Labute approximate surface area is 191 Å². The number of benzene rings is 3. The van der Waals surface area contributed by atoms with Gasteiger partial charge in [-0.1, -0.05) is 70.2 Å². The number of hydrogen-bond donors (Lipinski definition) is 2. The number of ether oxygens (including phenoxy) is 1. The third-order valence-electron chi connectivity index (χ3n) is 4.41. The molecule has 31 heavy (non-hydrogen) atoms. The van der Waals surface area contributed by atoms with Crippen LogP contribution in [0.3, 0.4) is 0 Å². The maximum absolute atomic E-state index is 12.7. The topological polar surface area (TPSA) is 75.6 Å². The van der Waals surface area contributed by atoms with E-state index >= 15 is 0 Å². The standard InChI is InChI=1S/C24H22BrNO4S/c25-21-13-9-19(10-14-21)20-11-15-24(16-12-20)31(28,29)26-22(18-27)6-4-5-17-30-23-7-2-1-3-8-23/h1-3,7-16,22,26-27H,6,17-18H2. The number of halogens is 1. The highest BCUT2D eigenvalue weighted by Gasteiger charge is 2.19. The molecule has 3 aromatic carbocycles. The van der Waals surface area contributed by atoms with Crippen LogP contribution in [0.2, 0.25) is 0 Å². The highest BCUT2D eigenvalue weighted by molar-refractivity contribution is 9.10. The molecule has 2 N–H and O–H groups in total. The van der Waals surface area contributed by atoms with Gasteiger partial charge in [0.05, 0.1) is 17.5 Å². The second kappa shape index (κ2) is 11.1. The molecule has 5 nitrogen and oxygen atoms in total. The third kappa shape index (κ3) is 6.94. The van der Waals surface area contributed by atoms with Gasteiger partial charge in [-0.05, 0) is 47.5 Å². The second-order valence-electron chi connectivity index (χ2n) is 6.69. The van der Waals surface area contributed by atoms with Crippen molar-refractivity contribution in [1.82, 2.24) is 4.72 Å². The zero-order chi connectivity index (χ0) is 22.1. The fourth-order valence-electron chi connectivity index (χ4n) is 2.78. The maximum Gasteiger partial charge on any atom is 0.240 e. The summed E-state index contributed by atoms with van der Waals surface area (Å²) in [5.41, 5.74) is 1.90. The Kier molecular flexibility index (Phi) is 8.27. The number of nitrogens with one attached hydrogen (secondary N) is 1. The molecule has 0 aromatic heterocycles. The molecule has 0 bridgehead atoms. The number of para-hydroxylation sites is 1. The maximum atomic E-state index is 12.7. The van der Waals surface area contributed by atoms with E-state index in [0.717, 1.165) is 15.6 Å². The zero-order valence-corrected chi connectivity index (χ0v) is 19.1. The van der Waals surface area contributed by atoms with Crippen LogP contribution in [0, 0.1) is 11.8 Å². The van der Waals surface area contributed by atoms with E-state index in [1.54, 1.807) is 24.3 Å². The molecule has 0 aliphatic rings. The van der Waals surface area contributed by atoms with Crippen molar-refractivity contribution in [3.8, 4) is 28.7 Å². The van der Waals surface area contributed by atoms with Gasteiger partial charge >= 0.3 is 0 Å². The van der Waals surface area contributed by atoms with E-state index in [1.165, 1.54) is 0 Å². The van der Waals surface area contributed by atoms with Crippen LogP contribution in [0.15, 0.2) is 88.2 Å². The summed E-state index contributed by atoms with van der Waals surface area (Å²) >= 11 is 3.40. The fourth-order valence-corrected chi connectivity index (χ4v) is 4.27. The highest BCUT2D eigenvalue weighted by Crippen LogP contribution is 2.23. The SMILES string of the molecule is O=S(=O)(NC(CO)CC#CCOc1ccccc1)c1ccc(-c2ccc(Br)cc2)cc1. The van der Waals surface area contributed by atoms with Crippen molar-refractivity contribution >= 4 is 26.0 Å². The van der Waals surface area contributed by atoms with E-state index in [9.17, 15) is 13.5 Å². The van der Waals surface area contributed by atoms with E-state index in [4.69, 9.17) is 4.74 Å². The van der Waals surface area contributed by atoms with Gasteiger partial charge in [0.2, 0.25) is 10.0 Å². The molecule has 0 fully saturated rings. The van der Waals surface area contributed by atoms with Crippen molar-refractivity contribution in [2.75, 3.05) is 13.2 Å². The van der Waals surface area contributed by atoms with Crippen LogP contribution in [-0.2, 0) is 10.0 Å². The van der Waals surface area contributed by atoms with Crippen LogP contribution in [-0.4, -0.2) is 32.8 Å². The van der Waals surface area contributed by atoms with Crippen LogP contribution in [0.25, 0.3) is 11.1 Å². The quantitative estimate of drug-likeness (QED) is 0.454. The summed E-state index contributed by atoms with van der Waals surface area (Å²) in [5, 5.41) is 9.56. The van der Waals surface area contributed by atoms with E-state index < -0.39 is 16.1 Å². The number of hydrogen-bond acceptors (Lipinski definition) is 4. The monoisotopic (exact) mass is 499 g/mol. The Morgan fingerprint density at radius 1 is 0.903 bits per heavy atom. The summed E-state index contributed by atoms with van der Waals surface area (Å²) < 4.78 is 34.3. The van der Waals surface area contributed by atoms with Crippen molar-refractivity contribution in [2.24, 2.45) is 0 Å². The molecule has 0 heterocycles. The minimum Gasteiger partial charge on any atom is -0.481 e. The lowest BCUT2D eigenvalue weighted by atomic mass is 10.1. The van der Waals surface area contributed by atoms with Gasteiger partial charge in [0.15, 0.2) is 0 Å². The first kappa shape index (κ1) is 23.0. The van der Waals surface area contributed by atoms with Crippen LogP contribution in [0.4, 0.5) is 0 Å². The Hall–Kier alpha value is -2.63. The molecule has 3 aromatic rings. The van der Waals surface area contributed by atoms with Gasteiger partial charge < -0.3 is 9.84 Å². The number of aliphatic hydroxyl groups excluding tert-OH is 1. The summed E-state index contributed by atoms with van der Waals surface area (Å²) in [5.74, 6) is 6.39. The van der Waals surface area contributed by atoms with Gasteiger partial charge in [0.1, 0.15) is 12.4 Å². The molecule has 7 heteroatoms. The fraction of sp³-hybridized carbons (Fsp3) is 0.167. The van der Waals surface area contributed by atoms with Gasteiger partial charge in [0.25, 0.3) is 0 Å². The highest BCUT2D eigenvalue weighted by atomic mass is 79.9. The molecule has 160 valence electrons. The third-order valence-corrected chi connectivity index (χ3v) is 6.48. The number of aliphatic hydroxyl groups is 1. The molecule has 0 spiro atoms. The van der Waals surface area contributed by atoms with E-state index in [-0.39, 0.29) is 24.5 Å². The molecule has 0 amide bonds. The minimum atomic E-state index is -3.78. The molecule has 0 aliphatic carbocycles. The summed E-state index contributed by atoms with van der Waals surface area (Å²) in [6, 6.07) is 22.9. The predicted octanol–water partition coefficient (Wildman–Crippen LogP) is 4.23. The van der Waals surface area contributed by atoms with Crippen LogP contribution in [0.5, 0.6) is 5.75 Å². The Morgan fingerprint density at radius 2 is 1.52 bits per heavy atom. The molecule has 0 radical (unpaired) electrons. The van der Waals surface area contributed by atoms with Crippen molar-refractivity contribution in [1.29, 1.82) is 0 Å². The van der Waals surface area contributed by atoms with Crippen molar-refractivity contribution < 1.29 is 18.3 Å². The average molecular weight is 500 g/mol. The lowest BCUT2D eigenvalue weighted by Gasteiger charge is -2.14. The van der Waals surface area contributed by atoms with E-state index in [2.05, 4.69) is 32.5 Å². The van der Waals surface area contributed by atoms with Gasteiger partial charge in [-0.15, -0.1) is 0 Å². The van der Waals surface area contributed by atoms with Gasteiger partial charge in [0, 0.05) is 10.9 Å². The Morgan fingerprint density at radius 3 is 2.13 bits per heavy atom. The number of sulfonamides is 1. The van der Waals surface area contributed by atoms with Crippen molar-refractivity contribution in [2.45, 2.75) is 17.4 Å². The average Bonchev–Trinajstić information content (AvgIpc) is 2.79. The van der Waals surface area contributed by atoms with Crippen molar-refractivity contribution in [3.05, 3.63) is 83.3 Å². The van der Waals surface area contributed by atoms with Gasteiger partial charge in [-0.25, -0.2) is 13.1 Å². The first-order valence-corrected chi connectivity index (χ1v) is 11.9. The van der Waals surface area contributed by atoms with E-state index in [0.29, 0.717) is 5.75 Å². The molecular formula is C24H22BrNO4S. The number of rotatable bonds is 8. The summed E-state index contributed by atoms with van der Waals surface area (Å²) in [7, 11) is -3.78. The molecule has 0 aliphatic heterocycles. The second-order valence-corrected chi connectivity index (χ2v) is 9.32. The molecule has 1 atom stereocenters. The van der Waals surface area contributed by atoms with Crippen LogP contribution < -0.4 is 9.46 Å². The Bertz CT molecular complexity index is 1140. The molecule has 0 saturated carbocycles. The predicted molar refractivity (Wildman–Crippen MR) is 125 cm³/mol. The molecule has 3 rings (SSSR count). The molecule has 0 saturated heterocycles. The van der Waals surface area contributed by atoms with Crippen molar-refractivity contribution in [3.63, 3.8) is 0 Å². The van der Waals surface area contributed by atoms with E-state index in [1.807, 2.05) is 54.6 Å². The van der Waals surface area contributed by atoms with Gasteiger partial charge in [-0.2, -0.15) is 0 Å². The van der Waals surface area contributed by atoms with Gasteiger partial charge in [-0.3, -0.25) is 0 Å². The van der Waals surface area contributed by atoms with Crippen LogP contribution in [0.1, 0.15) is 6.42 Å². The smallest absolute Gasteiger partial charge is 0.240 e. The molecule has 1 unspecified atom stereocenters. The lowest BCUT2D eigenvalue weighted by Crippen LogP contribution is -2.37. The Balaban J connectivity index is 1.58. The molecular weight excluding hydrogens is 478 g/mol. The zero-order valence-electron chi connectivity index (χ0n) is 16.7. The minimum absolute atomic E-state index is 0.132. The summed E-state index contributed by atoms with van der Waals surface area (Å²) in [6.45, 7) is -0.170. The summed E-state index contributed by atoms with van der Waals surface area (Å²) in [4.78, 5) is 0.132. The first-order valence-electron chi connectivity index (χ1n) is 9.61.